The number of nitrogens with one attached hydrogen (secondary N) is 2. The predicted molar refractivity (Wildman–Crippen MR) is 52.0 cm³/mol. The first-order valence-corrected chi connectivity index (χ1v) is 4.46. The number of carbonyl (C=O) groups is 1. The van der Waals surface area contributed by atoms with Gasteiger partial charge < -0.3 is 9.72 Å². The smallest absolute Gasteiger partial charge is 0.341 e. The molecule has 0 saturated carbocycles. The molecule has 7 heteroatoms. The molecule has 6 nitrogen and oxygen atoms in total. The van der Waals surface area contributed by atoms with Gasteiger partial charge in [-0.2, -0.15) is 0 Å². The molecule has 1 heterocycles. The standard InChI is InChI=1S/C8H7ClN2O4/c1-2-15-8(13)4-3-10-7(12)6(11-14)5(4)9/h3H,2H2,1H3,(H,10,12)/p+1. The van der Waals surface area contributed by atoms with Gasteiger partial charge in [0.05, 0.1) is 6.61 Å². The fourth-order valence-corrected chi connectivity index (χ4v) is 1.21. The molecule has 0 unspecified atom stereocenters. The average Bonchev–Trinajstić information content (AvgIpc) is 2.18. The Labute approximate surface area is 89.2 Å². The minimum absolute atomic E-state index is 0.0588. The molecule has 0 radical (unpaired) electrons. The number of nitroso groups, excluding NO2 is 1. The number of pyridine rings is 1. The van der Waals surface area contributed by atoms with E-state index in [0.29, 0.717) is 0 Å². The van der Waals surface area contributed by atoms with Gasteiger partial charge in [-0.15, -0.1) is 0 Å². The minimum Gasteiger partial charge on any atom is -0.462 e. The molecular formula is C8H8ClN2O4+. The Hall–Kier alpha value is -1.69. The van der Waals surface area contributed by atoms with Crippen LogP contribution in [0.3, 0.4) is 0 Å². The fourth-order valence-electron chi connectivity index (χ4n) is 0.956. The van der Waals surface area contributed by atoms with Gasteiger partial charge >= 0.3 is 17.2 Å². The van der Waals surface area contributed by atoms with Gasteiger partial charge in [-0.25, -0.2) is 4.79 Å². The van der Waals surface area contributed by atoms with Crippen LogP contribution in [0.1, 0.15) is 17.3 Å². The summed E-state index contributed by atoms with van der Waals surface area (Å²) in [6.07, 6.45) is 1.10. The van der Waals surface area contributed by atoms with Gasteiger partial charge in [0, 0.05) is 16.3 Å². The van der Waals surface area contributed by atoms with E-state index in [1.165, 1.54) is 5.18 Å². The first-order chi connectivity index (χ1) is 7.11. The summed E-state index contributed by atoms with van der Waals surface area (Å²) in [5, 5.41) is 1.12. The van der Waals surface area contributed by atoms with Gasteiger partial charge in [-0.1, -0.05) is 11.6 Å². The van der Waals surface area contributed by atoms with E-state index < -0.39 is 17.2 Å². The second-order valence-electron chi connectivity index (χ2n) is 2.54. The Morgan fingerprint density at radius 3 is 2.87 bits per heavy atom. The van der Waals surface area contributed by atoms with Gasteiger partial charge in [0.2, 0.25) is 0 Å². The van der Waals surface area contributed by atoms with Crippen LogP contribution in [0.4, 0.5) is 5.69 Å². The number of hydrogen-bond donors (Lipinski definition) is 2. The van der Waals surface area contributed by atoms with Crippen molar-refractivity contribution in [2.24, 2.45) is 0 Å². The molecular weight excluding hydrogens is 224 g/mol. The Balaban J connectivity index is 3.27. The van der Waals surface area contributed by atoms with E-state index in [2.05, 4.69) is 9.72 Å². The number of H-pyrrole nitrogens is 1. The van der Waals surface area contributed by atoms with Crippen LogP contribution in [0, 0.1) is 4.91 Å². The summed E-state index contributed by atoms with van der Waals surface area (Å²) in [4.78, 5) is 34.9. The number of aromatic amines is 1. The normalized spacial score (nSPS) is 9.73. The summed E-state index contributed by atoms with van der Waals surface area (Å²) < 4.78 is 4.67. The third-order valence-corrected chi connectivity index (χ3v) is 2.02. The summed E-state index contributed by atoms with van der Waals surface area (Å²) in [5.41, 5.74) is -1.15. The molecule has 0 amide bonds. The molecule has 0 bridgehead atoms. The maximum absolute atomic E-state index is 11.3. The maximum atomic E-state index is 11.3. The molecule has 0 saturated heterocycles. The second kappa shape index (κ2) is 4.70. The largest absolute Gasteiger partial charge is 0.462 e. The van der Waals surface area contributed by atoms with Crippen LogP contribution in [0.25, 0.3) is 0 Å². The lowest BCUT2D eigenvalue weighted by molar-refractivity contribution is -0.380. The van der Waals surface area contributed by atoms with Gasteiger partial charge in [0.1, 0.15) is 10.6 Å². The van der Waals surface area contributed by atoms with E-state index in [9.17, 15) is 14.5 Å². The number of carbonyl (C=O) groups excluding carboxylic acids is 1. The van der Waals surface area contributed by atoms with Crippen molar-refractivity contribution in [1.82, 2.24) is 4.98 Å². The molecule has 0 aliphatic heterocycles. The highest BCUT2D eigenvalue weighted by molar-refractivity contribution is 6.35. The van der Waals surface area contributed by atoms with E-state index in [-0.39, 0.29) is 17.2 Å². The molecule has 0 aliphatic rings. The highest BCUT2D eigenvalue weighted by Gasteiger charge is 2.21. The average molecular weight is 232 g/mol. The van der Waals surface area contributed by atoms with Crippen molar-refractivity contribution in [3.05, 3.63) is 32.0 Å². The fraction of sp³-hybridized carbons (Fsp3) is 0.250. The summed E-state index contributed by atoms with van der Waals surface area (Å²) in [6.45, 7) is 1.80. The zero-order valence-corrected chi connectivity index (χ0v) is 8.55. The molecule has 1 aromatic rings. The molecule has 15 heavy (non-hydrogen) atoms. The van der Waals surface area contributed by atoms with Gasteiger partial charge in [0.15, 0.2) is 0 Å². The van der Waals surface area contributed by atoms with Crippen LogP contribution in [-0.4, -0.2) is 17.6 Å². The number of aromatic nitrogens is 1. The number of halogens is 1. The lowest BCUT2D eigenvalue weighted by atomic mass is 10.2. The van der Waals surface area contributed by atoms with Crippen molar-refractivity contribution in [3.63, 3.8) is 0 Å². The lowest BCUT2D eigenvalue weighted by Gasteiger charge is -2.01. The topological polar surface area (TPSA) is 90.2 Å². The zero-order valence-electron chi connectivity index (χ0n) is 7.80. The Morgan fingerprint density at radius 2 is 2.33 bits per heavy atom. The molecule has 2 N–H and O–H groups in total. The minimum atomic E-state index is -0.699. The van der Waals surface area contributed by atoms with Gasteiger partial charge in [-0.05, 0) is 6.92 Å². The predicted octanol–water partition coefficient (Wildman–Crippen LogP) is -0.316. The summed E-state index contributed by atoms with van der Waals surface area (Å²) in [6, 6.07) is 0. The SMILES string of the molecule is CCOC(=O)c1c[nH]c(=O)c([NH+]=O)c1Cl. The summed E-state index contributed by atoms with van der Waals surface area (Å²) in [7, 11) is 0. The maximum Gasteiger partial charge on any atom is 0.341 e. The van der Waals surface area contributed by atoms with Crippen molar-refractivity contribution >= 4 is 23.3 Å². The van der Waals surface area contributed by atoms with Crippen LogP contribution in [0.15, 0.2) is 11.0 Å². The highest BCUT2D eigenvalue weighted by Crippen LogP contribution is 2.18. The third kappa shape index (κ3) is 2.21. The number of ether oxygens (including phenoxy) is 1. The lowest BCUT2D eigenvalue weighted by Crippen LogP contribution is -2.59. The highest BCUT2D eigenvalue weighted by atomic mass is 35.5. The van der Waals surface area contributed by atoms with E-state index >= 15 is 0 Å². The molecule has 0 spiro atoms. The Bertz CT molecular complexity index is 454. The summed E-state index contributed by atoms with van der Waals surface area (Å²) >= 11 is 5.66. The first-order valence-electron chi connectivity index (χ1n) is 4.08. The molecule has 0 fully saturated rings. The quantitative estimate of drug-likeness (QED) is 0.698. The number of rotatable bonds is 3. The zero-order chi connectivity index (χ0) is 11.4. The number of hydrogen-bond acceptors (Lipinski definition) is 4. The third-order valence-electron chi connectivity index (χ3n) is 1.63. The van der Waals surface area contributed by atoms with Crippen molar-refractivity contribution in [1.29, 1.82) is 0 Å². The molecule has 0 atom stereocenters. The van der Waals surface area contributed by atoms with Crippen LogP contribution in [-0.2, 0) is 4.74 Å². The van der Waals surface area contributed by atoms with Crippen LogP contribution >= 0.6 is 11.6 Å². The summed E-state index contributed by atoms with van der Waals surface area (Å²) in [5.74, 6) is -0.699. The van der Waals surface area contributed by atoms with Crippen molar-refractivity contribution in [2.75, 3.05) is 6.61 Å². The van der Waals surface area contributed by atoms with E-state index in [1.54, 1.807) is 6.92 Å². The van der Waals surface area contributed by atoms with Gasteiger partial charge in [-0.3, -0.25) is 4.79 Å². The second-order valence-corrected chi connectivity index (χ2v) is 2.92. The van der Waals surface area contributed by atoms with Crippen molar-refractivity contribution in [3.8, 4) is 0 Å². The molecule has 80 valence electrons. The molecule has 0 aromatic carbocycles. The first kappa shape index (κ1) is 11.4. The van der Waals surface area contributed by atoms with E-state index in [0.717, 1.165) is 6.20 Å². The Kier molecular flexibility index (Phi) is 3.56. The molecule has 1 rings (SSSR count). The van der Waals surface area contributed by atoms with Crippen LogP contribution in [0.2, 0.25) is 5.02 Å². The number of esters is 1. The monoisotopic (exact) mass is 231 g/mol. The van der Waals surface area contributed by atoms with Crippen LogP contribution in [0.5, 0.6) is 0 Å². The van der Waals surface area contributed by atoms with E-state index in [1.807, 2.05) is 0 Å². The molecule has 1 aromatic heterocycles. The van der Waals surface area contributed by atoms with E-state index in [4.69, 9.17) is 11.6 Å². The van der Waals surface area contributed by atoms with Crippen molar-refractivity contribution in [2.45, 2.75) is 6.92 Å². The molecule has 0 aliphatic carbocycles. The Morgan fingerprint density at radius 1 is 1.67 bits per heavy atom. The van der Waals surface area contributed by atoms with Gasteiger partial charge in [0.25, 0.3) is 0 Å². The van der Waals surface area contributed by atoms with Crippen molar-refractivity contribution < 1.29 is 14.7 Å². The van der Waals surface area contributed by atoms with Crippen LogP contribution < -0.4 is 10.7 Å².